The number of aryl methyl sites for hydroxylation is 2. The first-order chi connectivity index (χ1) is 12.0. The van der Waals surface area contributed by atoms with Crippen LogP contribution in [0.1, 0.15) is 40.6 Å². The van der Waals surface area contributed by atoms with Crippen LogP contribution in [0.25, 0.3) is 0 Å². The molecule has 26 heavy (non-hydrogen) atoms. The van der Waals surface area contributed by atoms with Gasteiger partial charge in [0.25, 0.3) is 0 Å². The largest absolute Gasteiger partial charge is 0.374 e. The number of guanidine groups is 1. The molecule has 7 heteroatoms. The molecule has 0 saturated heterocycles. The van der Waals surface area contributed by atoms with Gasteiger partial charge in [0.2, 0.25) is 0 Å². The lowest BCUT2D eigenvalue weighted by atomic mass is 10.1. The maximum Gasteiger partial charge on any atom is 0.191 e. The molecule has 0 amide bonds. The number of halogens is 1. The van der Waals surface area contributed by atoms with E-state index in [1.807, 2.05) is 27.7 Å². The fourth-order valence-corrected chi connectivity index (χ4v) is 3.28. The summed E-state index contributed by atoms with van der Waals surface area (Å²) in [7, 11) is 1.78. The fourth-order valence-electron chi connectivity index (χ4n) is 2.40. The lowest BCUT2D eigenvalue weighted by molar-refractivity contribution is 0.0657. The average Bonchev–Trinajstić information content (AvgIpc) is 2.91. The minimum absolute atomic E-state index is 0. The molecule has 0 aliphatic rings. The first kappa shape index (κ1) is 22.9. The Balaban J connectivity index is 0.00000338. The molecule has 0 aliphatic carbocycles. The second-order valence-corrected chi connectivity index (χ2v) is 7.49. The van der Waals surface area contributed by atoms with Crippen LogP contribution in [0.5, 0.6) is 0 Å². The van der Waals surface area contributed by atoms with E-state index in [1.54, 1.807) is 18.4 Å². The molecule has 0 fully saturated rings. The number of rotatable bonds is 7. The quantitative estimate of drug-likeness (QED) is 0.349. The van der Waals surface area contributed by atoms with E-state index in [4.69, 9.17) is 4.74 Å². The van der Waals surface area contributed by atoms with E-state index < -0.39 is 0 Å². The van der Waals surface area contributed by atoms with Gasteiger partial charge in [-0.1, -0.05) is 24.3 Å². The maximum absolute atomic E-state index is 5.67. The van der Waals surface area contributed by atoms with E-state index in [9.17, 15) is 0 Å². The van der Waals surface area contributed by atoms with Crippen LogP contribution in [-0.4, -0.2) is 24.1 Å². The number of nitrogens with one attached hydrogen (secondary N) is 2. The van der Waals surface area contributed by atoms with Gasteiger partial charge in [0.05, 0.1) is 30.0 Å². The molecular formula is C19H29IN4OS. The van der Waals surface area contributed by atoms with E-state index in [1.165, 1.54) is 16.0 Å². The van der Waals surface area contributed by atoms with Crippen molar-refractivity contribution in [2.75, 3.05) is 7.05 Å². The zero-order valence-corrected chi connectivity index (χ0v) is 19.3. The SMILES string of the molecule is CN=C(NCc1cccc(COC(C)C)c1)NCc1sc(C)nc1C.I. The Kier molecular flexibility index (Phi) is 10.1. The van der Waals surface area contributed by atoms with Gasteiger partial charge in [-0.3, -0.25) is 4.99 Å². The van der Waals surface area contributed by atoms with Crippen LogP contribution >= 0.6 is 35.3 Å². The van der Waals surface area contributed by atoms with Crippen LogP contribution in [0, 0.1) is 13.8 Å². The smallest absolute Gasteiger partial charge is 0.191 e. The van der Waals surface area contributed by atoms with Gasteiger partial charge >= 0.3 is 0 Å². The molecule has 0 spiro atoms. The van der Waals surface area contributed by atoms with Crippen LogP contribution in [0.15, 0.2) is 29.3 Å². The minimum Gasteiger partial charge on any atom is -0.374 e. The number of hydrogen-bond acceptors (Lipinski definition) is 4. The molecule has 2 N–H and O–H groups in total. The van der Waals surface area contributed by atoms with E-state index >= 15 is 0 Å². The Morgan fingerprint density at radius 1 is 1.19 bits per heavy atom. The van der Waals surface area contributed by atoms with Crippen LogP contribution in [-0.2, 0) is 24.4 Å². The van der Waals surface area contributed by atoms with Gasteiger partial charge < -0.3 is 15.4 Å². The highest BCUT2D eigenvalue weighted by Gasteiger charge is 2.06. The first-order valence-electron chi connectivity index (χ1n) is 8.54. The number of benzene rings is 1. The number of aromatic nitrogens is 1. The third-order valence-electron chi connectivity index (χ3n) is 3.67. The summed E-state index contributed by atoms with van der Waals surface area (Å²) in [6, 6.07) is 8.43. The summed E-state index contributed by atoms with van der Waals surface area (Å²) in [5.41, 5.74) is 3.48. The Bertz CT molecular complexity index is 715. The van der Waals surface area contributed by atoms with Crippen LogP contribution < -0.4 is 10.6 Å². The Morgan fingerprint density at radius 3 is 2.50 bits per heavy atom. The third-order valence-corrected chi connectivity index (χ3v) is 4.75. The van der Waals surface area contributed by atoms with E-state index in [-0.39, 0.29) is 30.1 Å². The summed E-state index contributed by atoms with van der Waals surface area (Å²) >= 11 is 1.72. The van der Waals surface area contributed by atoms with Crippen LogP contribution in [0.2, 0.25) is 0 Å². The van der Waals surface area contributed by atoms with E-state index in [2.05, 4.69) is 44.9 Å². The highest BCUT2D eigenvalue weighted by molar-refractivity contribution is 14.0. The van der Waals surface area contributed by atoms with Crippen molar-refractivity contribution in [2.45, 2.75) is 53.5 Å². The number of aliphatic imine (C=N–C) groups is 1. The molecule has 1 aromatic heterocycles. The average molecular weight is 488 g/mol. The Morgan fingerprint density at radius 2 is 1.88 bits per heavy atom. The molecular weight excluding hydrogens is 459 g/mol. The summed E-state index contributed by atoms with van der Waals surface area (Å²) in [5.74, 6) is 0.786. The Labute approximate surface area is 177 Å². The molecule has 0 radical (unpaired) electrons. The summed E-state index contributed by atoms with van der Waals surface area (Å²) in [6.45, 7) is 10.3. The van der Waals surface area contributed by atoms with Crippen molar-refractivity contribution in [3.05, 3.63) is 51.0 Å². The highest BCUT2D eigenvalue weighted by Crippen LogP contribution is 2.16. The number of hydrogen-bond donors (Lipinski definition) is 2. The lowest BCUT2D eigenvalue weighted by Gasteiger charge is -2.13. The third kappa shape index (κ3) is 7.59. The van der Waals surface area contributed by atoms with Crippen molar-refractivity contribution < 1.29 is 4.74 Å². The molecule has 1 heterocycles. The standard InChI is InChI=1S/C19H28N4OS.HI/c1-13(2)24-12-17-8-6-7-16(9-17)10-21-19(20-5)22-11-18-14(3)23-15(4)25-18;/h6-9,13H,10-12H2,1-5H3,(H2,20,21,22);1H. The highest BCUT2D eigenvalue weighted by atomic mass is 127. The van der Waals surface area contributed by atoms with Gasteiger partial charge in [-0.15, -0.1) is 35.3 Å². The topological polar surface area (TPSA) is 58.5 Å². The van der Waals surface area contributed by atoms with Gasteiger partial charge in [-0.05, 0) is 38.8 Å². The molecule has 2 aromatic rings. The fraction of sp³-hybridized carbons (Fsp3) is 0.474. The van der Waals surface area contributed by atoms with E-state index in [0.29, 0.717) is 6.61 Å². The zero-order valence-electron chi connectivity index (χ0n) is 16.1. The molecule has 0 saturated carbocycles. The summed E-state index contributed by atoms with van der Waals surface area (Å²) in [4.78, 5) is 9.99. The number of thiazole rings is 1. The van der Waals surface area contributed by atoms with Gasteiger partial charge in [0.15, 0.2) is 5.96 Å². The van der Waals surface area contributed by atoms with Crippen LogP contribution in [0.4, 0.5) is 0 Å². The van der Waals surface area contributed by atoms with Crippen molar-refractivity contribution >= 4 is 41.3 Å². The summed E-state index contributed by atoms with van der Waals surface area (Å²) in [6.07, 6.45) is 0.239. The molecule has 1 aromatic carbocycles. The van der Waals surface area contributed by atoms with Gasteiger partial charge in [0.1, 0.15) is 0 Å². The second-order valence-electron chi connectivity index (χ2n) is 6.20. The van der Waals surface area contributed by atoms with Crippen molar-refractivity contribution in [3.63, 3.8) is 0 Å². The van der Waals surface area contributed by atoms with Crippen molar-refractivity contribution in [1.29, 1.82) is 0 Å². The molecule has 2 rings (SSSR count). The predicted molar refractivity (Wildman–Crippen MR) is 120 cm³/mol. The summed E-state index contributed by atoms with van der Waals surface area (Å²) in [5, 5.41) is 7.80. The van der Waals surface area contributed by atoms with Gasteiger partial charge in [0, 0.05) is 18.5 Å². The molecule has 0 bridgehead atoms. The zero-order chi connectivity index (χ0) is 18.2. The van der Waals surface area contributed by atoms with Crippen molar-refractivity contribution in [3.8, 4) is 0 Å². The molecule has 5 nitrogen and oxygen atoms in total. The van der Waals surface area contributed by atoms with Gasteiger partial charge in [-0.25, -0.2) is 4.98 Å². The van der Waals surface area contributed by atoms with Crippen LogP contribution in [0.3, 0.4) is 0 Å². The molecule has 0 aliphatic heterocycles. The Hall–Kier alpha value is -1.19. The lowest BCUT2D eigenvalue weighted by Crippen LogP contribution is -2.36. The second kappa shape index (κ2) is 11.5. The predicted octanol–water partition coefficient (Wildman–Crippen LogP) is 4.17. The monoisotopic (exact) mass is 488 g/mol. The van der Waals surface area contributed by atoms with Gasteiger partial charge in [-0.2, -0.15) is 0 Å². The van der Waals surface area contributed by atoms with E-state index in [0.717, 1.165) is 29.8 Å². The molecule has 0 unspecified atom stereocenters. The minimum atomic E-state index is 0. The maximum atomic E-state index is 5.67. The molecule has 0 atom stereocenters. The number of ether oxygens (including phenoxy) is 1. The van der Waals surface area contributed by atoms with Crippen molar-refractivity contribution in [2.24, 2.45) is 4.99 Å². The first-order valence-corrected chi connectivity index (χ1v) is 9.36. The normalized spacial score (nSPS) is 11.4. The number of nitrogens with zero attached hydrogens (tertiary/aromatic N) is 2. The molecule has 144 valence electrons. The van der Waals surface area contributed by atoms with Crippen molar-refractivity contribution in [1.82, 2.24) is 15.6 Å². The summed E-state index contributed by atoms with van der Waals surface area (Å²) < 4.78 is 5.67.